The zero-order chi connectivity index (χ0) is 19.0. The smallest absolute Gasteiger partial charge is 0.243 e. The summed E-state index contributed by atoms with van der Waals surface area (Å²) in [6.45, 7) is 7.09. The Morgan fingerprint density at radius 1 is 1.15 bits per heavy atom. The van der Waals surface area contributed by atoms with Gasteiger partial charge in [0.15, 0.2) is 0 Å². The average Bonchev–Trinajstić information content (AvgIpc) is 2.66. The molecule has 2 N–H and O–H groups in total. The van der Waals surface area contributed by atoms with Crippen LogP contribution in [0.4, 0.5) is 0 Å². The van der Waals surface area contributed by atoms with Gasteiger partial charge in [0.1, 0.15) is 0 Å². The molecular weight excluding hydrogens is 350 g/mol. The highest BCUT2D eigenvalue weighted by molar-refractivity contribution is 7.89. The fourth-order valence-electron chi connectivity index (χ4n) is 3.29. The van der Waals surface area contributed by atoms with Gasteiger partial charge in [0.2, 0.25) is 15.9 Å². The molecule has 1 heterocycles. The van der Waals surface area contributed by atoms with E-state index in [0.29, 0.717) is 36.9 Å². The van der Waals surface area contributed by atoms with Crippen LogP contribution in [0.3, 0.4) is 0 Å². The number of nitrogens with one attached hydrogen (secondary N) is 2. The van der Waals surface area contributed by atoms with Crippen LogP contribution >= 0.6 is 0 Å². The molecule has 0 saturated carbocycles. The highest BCUT2D eigenvalue weighted by atomic mass is 32.2. The summed E-state index contributed by atoms with van der Waals surface area (Å²) in [7, 11) is -3.43. The Hall–Kier alpha value is -1.44. The number of benzene rings is 1. The standard InChI is InChI=1S/C19H31N3O3S/c1-3-22(4-2)26(24,25)18-8-5-17(6-9-18)15-21-19(23)10-7-16-11-13-20-14-12-16/h5-6,8-9,16,20H,3-4,7,10-15H2,1-2H3,(H,21,23). The van der Waals surface area contributed by atoms with E-state index in [2.05, 4.69) is 10.6 Å². The predicted octanol–water partition coefficient (Wildman–Crippen LogP) is 2.11. The lowest BCUT2D eigenvalue weighted by molar-refractivity contribution is -0.121. The number of hydrogen-bond donors (Lipinski definition) is 2. The van der Waals surface area contributed by atoms with Crippen molar-refractivity contribution < 1.29 is 13.2 Å². The van der Waals surface area contributed by atoms with E-state index in [1.165, 1.54) is 4.31 Å². The summed E-state index contributed by atoms with van der Waals surface area (Å²) in [6, 6.07) is 6.77. The lowest BCUT2D eigenvalue weighted by atomic mass is 9.93. The van der Waals surface area contributed by atoms with Crippen molar-refractivity contribution in [2.75, 3.05) is 26.2 Å². The Morgan fingerprint density at radius 2 is 1.77 bits per heavy atom. The third-order valence-corrected chi connectivity index (χ3v) is 7.06. The van der Waals surface area contributed by atoms with E-state index in [1.807, 2.05) is 13.8 Å². The Bertz CT molecular complexity index is 664. The molecule has 6 nitrogen and oxygen atoms in total. The normalized spacial score (nSPS) is 16.0. The second kappa shape index (κ2) is 10.0. The van der Waals surface area contributed by atoms with Gasteiger partial charge in [-0.2, -0.15) is 4.31 Å². The topological polar surface area (TPSA) is 78.5 Å². The Morgan fingerprint density at radius 3 is 2.35 bits per heavy atom. The minimum Gasteiger partial charge on any atom is -0.352 e. The minimum atomic E-state index is -3.43. The van der Waals surface area contributed by atoms with Crippen molar-refractivity contribution in [3.63, 3.8) is 0 Å². The maximum atomic E-state index is 12.5. The Kier molecular flexibility index (Phi) is 8.06. The summed E-state index contributed by atoms with van der Waals surface area (Å²) in [5, 5.41) is 6.26. The molecule has 1 aliphatic rings. The number of rotatable bonds is 9. The quantitative estimate of drug-likeness (QED) is 0.687. The van der Waals surface area contributed by atoms with Gasteiger partial charge in [0.25, 0.3) is 0 Å². The second-order valence-electron chi connectivity index (χ2n) is 6.74. The van der Waals surface area contributed by atoms with E-state index >= 15 is 0 Å². The van der Waals surface area contributed by atoms with Gasteiger partial charge in [-0.3, -0.25) is 4.79 Å². The molecule has 0 unspecified atom stereocenters. The van der Waals surface area contributed by atoms with E-state index in [4.69, 9.17) is 0 Å². The molecule has 2 rings (SSSR count). The average molecular weight is 382 g/mol. The van der Waals surface area contributed by atoms with Crippen LogP contribution in [0.2, 0.25) is 0 Å². The Labute approximate surface area is 157 Å². The van der Waals surface area contributed by atoms with Crippen molar-refractivity contribution in [2.24, 2.45) is 5.92 Å². The van der Waals surface area contributed by atoms with E-state index in [0.717, 1.165) is 37.9 Å². The van der Waals surface area contributed by atoms with Crippen LogP contribution in [0.25, 0.3) is 0 Å². The number of hydrogen-bond acceptors (Lipinski definition) is 4. The number of sulfonamides is 1. The molecule has 0 atom stereocenters. The SMILES string of the molecule is CCN(CC)S(=O)(=O)c1ccc(CNC(=O)CCC2CCNCC2)cc1. The molecule has 1 aromatic carbocycles. The minimum absolute atomic E-state index is 0.0587. The number of carbonyl (C=O) groups excluding carboxylic acids is 1. The molecule has 146 valence electrons. The molecular formula is C19H31N3O3S. The summed E-state index contributed by atoms with van der Waals surface area (Å²) in [5.41, 5.74) is 0.902. The molecule has 1 fully saturated rings. The van der Waals surface area contributed by atoms with Crippen LogP contribution in [-0.2, 0) is 21.4 Å². The molecule has 0 aromatic heterocycles. The molecule has 1 aliphatic heterocycles. The van der Waals surface area contributed by atoms with Crippen LogP contribution in [-0.4, -0.2) is 44.8 Å². The largest absolute Gasteiger partial charge is 0.352 e. The third-order valence-electron chi connectivity index (χ3n) is 4.99. The molecule has 1 saturated heterocycles. The van der Waals surface area contributed by atoms with Crippen molar-refractivity contribution in [1.82, 2.24) is 14.9 Å². The fraction of sp³-hybridized carbons (Fsp3) is 0.632. The summed E-state index contributed by atoms with van der Waals surface area (Å²) in [6.07, 6.45) is 3.79. The summed E-state index contributed by atoms with van der Waals surface area (Å²) >= 11 is 0. The molecule has 0 radical (unpaired) electrons. The van der Waals surface area contributed by atoms with Gasteiger partial charge in [-0.15, -0.1) is 0 Å². The van der Waals surface area contributed by atoms with Crippen molar-refractivity contribution in [3.8, 4) is 0 Å². The van der Waals surface area contributed by atoms with Gasteiger partial charge >= 0.3 is 0 Å². The summed E-state index contributed by atoms with van der Waals surface area (Å²) < 4.78 is 26.4. The van der Waals surface area contributed by atoms with Gasteiger partial charge in [-0.05, 0) is 56.0 Å². The predicted molar refractivity (Wildman–Crippen MR) is 103 cm³/mol. The van der Waals surface area contributed by atoms with E-state index < -0.39 is 10.0 Å². The number of carbonyl (C=O) groups is 1. The molecule has 0 bridgehead atoms. The van der Waals surface area contributed by atoms with E-state index in [1.54, 1.807) is 24.3 Å². The first-order valence-electron chi connectivity index (χ1n) is 9.53. The van der Waals surface area contributed by atoms with Gasteiger partial charge < -0.3 is 10.6 Å². The van der Waals surface area contributed by atoms with Crippen LogP contribution in [0.5, 0.6) is 0 Å². The number of amides is 1. The first-order chi connectivity index (χ1) is 12.5. The number of nitrogens with zero attached hydrogens (tertiary/aromatic N) is 1. The summed E-state index contributed by atoms with van der Waals surface area (Å²) in [4.78, 5) is 12.3. The van der Waals surface area contributed by atoms with Gasteiger partial charge in [0, 0.05) is 26.1 Å². The summed E-state index contributed by atoms with van der Waals surface area (Å²) in [5.74, 6) is 0.704. The lowest BCUT2D eigenvalue weighted by Gasteiger charge is -2.22. The van der Waals surface area contributed by atoms with E-state index in [-0.39, 0.29) is 5.91 Å². The van der Waals surface area contributed by atoms with Crippen LogP contribution < -0.4 is 10.6 Å². The molecule has 1 aromatic rings. The lowest BCUT2D eigenvalue weighted by Crippen LogP contribution is -2.30. The maximum absolute atomic E-state index is 12.5. The van der Waals surface area contributed by atoms with Gasteiger partial charge in [0.05, 0.1) is 4.90 Å². The van der Waals surface area contributed by atoms with Crippen LogP contribution in [0.15, 0.2) is 29.2 Å². The van der Waals surface area contributed by atoms with Crippen molar-refractivity contribution in [1.29, 1.82) is 0 Å². The zero-order valence-electron chi connectivity index (χ0n) is 15.8. The first kappa shape index (κ1) is 20.9. The molecule has 0 spiro atoms. The van der Waals surface area contributed by atoms with Crippen molar-refractivity contribution >= 4 is 15.9 Å². The molecule has 26 heavy (non-hydrogen) atoms. The maximum Gasteiger partial charge on any atom is 0.243 e. The molecule has 0 aliphatic carbocycles. The monoisotopic (exact) mass is 381 g/mol. The Balaban J connectivity index is 1.82. The van der Waals surface area contributed by atoms with Gasteiger partial charge in [-0.1, -0.05) is 26.0 Å². The van der Waals surface area contributed by atoms with Crippen LogP contribution in [0.1, 0.15) is 45.1 Å². The van der Waals surface area contributed by atoms with Crippen molar-refractivity contribution in [3.05, 3.63) is 29.8 Å². The number of piperidine rings is 1. The van der Waals surface area contributed by atoms with E-state index in [9.17, 15) is 13.2 Å². The zero-order valence-corrected chi connectivity index (χ0v) is 16.6. The van der Waals surface area contributed by atoms with Gasteiger partial charge in [-0.25, -0.2) is 8.42 Å². The third kappa shape index (κ3) is 5.79. The van der Waals surface area contributed by atoms with Crippen LogP contribution in [0, 0.1) is 5.92 Å². The second-order valence-corrected chi connectivity index (χ2v) is 8.68. The molecule has 1 amide bonds. The van der Waals surface area contributed by atoms with Crippen molar-refractivity contribution in [2.45, 2.75) is 51.0 Å². The fourth-order valence-corrected chi connectivity index (χ4v) is 4.74. The highest BCUT2D eigenvalue weighted by Crippen LogP contribution is 2.18. The first-order valence-corrected chi connectivity index (χ1v) is 11.0. The highest BCUT2D eigenvalue weighted by Gasteiger charge is 2.21. The molecule has 7 heteroatoms.